The van der Waals surface area contributed by atoms with Crippen LogP contribution in [-0.4, -0.2) is 43.8 Å². The van der Waals surface area contributed by atoms with Crippen LogP contribution in [-0.2, 0) is 27.2 Å². The molecular weight excluding hydrogens is 515 g/mol. The van der Waals surface area contributed by atoms with Gasteiger partial charge in [0.05, 0.1) is 4.90 Å². The Bertz CT molecular complexity index is 1130. The second-order valence-electron chi connectivity index (χ2n) is 7.57. The monoisotopic (exact) mass is 544 g/mol. The largest absolute Gasteiger partial charge is 0.274 e. The molecule has 0 radical (unpaired) electrons. The molecule has 2 unspecified atom stereocenters. The summed E-state index contributed by atoms with van der Waals surface area (Å²) in [5.74, 6) is -1.09. The van der Waals surface area contributed by atoms with Crippen molar-refractivity contribution in [3.05, 3.63) is 54.1 Å². The van der Waals surface area contributed by atoms with Gasteiger partial charge in [-0.05, 0) is 24.5 Å². The average molecular weight is 544 g/mol. The first-order valence-electron chi connectivity index (χ1n) is 9.88. The van der Waals surface area contributed by atoms with Crippen LogP contribution >= 0.6 is 0 Å². The van der Waals surface area contributed by atoms with E-state index in [1.807, 2.05) is 13.8 Å². The van der Waals surface area contributed by atoms with Crippen LogP contribution in [0.15, 0.2) is 53.4 Å². The van der Waals surface area contributed by atoms with E-state index in [-0.39, 0.29) is 32.7 Å². The summed E-state index contributed by atoms with van der Waals surface area (Å²) in [5, 5.41) is 10.7. The van der Waals surface area contributed by atoms with E-state index in [0.29, 0.717) is 5.56 Å². The Morgan fingerprint density at radius 3 is 2.09 bits per heavy atom. The van der Waals surface area contributed by atoms with Gasteiger partial charge in [0, 0.05) is 5.92 Å². The smallest absolute Gasteiger partial charge is 0.264 e. The molecule has 2 atom stereocenters. The van der Waals surface area contributed by atoms with Crippen LogP contribution in [0.3, 0.4) is 0 Å². The molecule has 2 aromatic rings. The molecule has 0 fully saturated rings. The summed E-state index contributed by atoms with van der Waals surface area (Å²) < 4.78 is 50.4. The van der Waals surface area contributed by atoms with Crippen molar-refractivity contribution in [2.75, 3.05) is 5.32 Å². The quantitative estimate of drug-likeness (QED) is 0.233. The summed E-state index contributed by atoms with van der Waals surface area (Å²) in [5.41, 5.74) is 0.777. The Morgan fingerprint density at radius 2 is 1.58 bits per heavy atom. The van der Waals surface area contributed by atoms with E-state index < -0.39 is 30.1 Å². The SMILES string of the molecule is CC(=O)Nc1ccccc1[As](=O)(O)OO.Cc1ccccc1S(=O)(=O)NC(=O)C(C)C(C)C. The van der Waals surface area contributed by atoms with E-state index in [4.69, 9.17) is 5.26 Å². The van der Waals surface area contributed by atoms with Gasteiger partial charge >= 0.3 is 88.4 Å². The van der Waals surface area contributed by atoms with Crippen molar-refractivity contribution in [2.24, 2.45) is 11.8 Å². The minimum atomic E-state index is -4.92. The Labute approximate surface area is 196 Å². The number of amides is 2. The van der Waals surface area contributed by atoms with E-state index in [2.05, 4.69) is 13.9 Å². The molecule has 0 aliphatic heterocycles. The zero-order valence-electron chi connectivity index (χ0n) is 19.0. The molecular formula is C21H29AsN2O8S. The van der Waals surface area contributed by atoms with Crippen LogP contribution in [0.4, 0.5) is 5.69 Å². The second-order valence-corrected chi connectivity index (χ2v) is 12.8. The number of aryl methyl sites for hydroxylation is 1. The minimum absolute atomic E-state index is 0.0945. The maximum Gasteiger partial charge on any atom is 0.264 e. The van der Waals surface area contributed by atoms with Gasteiger partial charge in [-0.15, -0.1) is 0 Å². The second kappa shape index (κ2) is 12.1. The molecule has 33 heavy (non-hydrogen) atoms. The number of sulfonamides is 1. The number of hydrogen-bond acceptors (Lipinski definition) is 7. The molecule has 0 bridgehead atoms. The van der Waals surface area contributed by atoms with Gasteiger partial charge in [0.1, 0.15) is 0 Å². The number of anilines is 1. The molecule has 0 saturated heterocycles. The van der Waals surface area contributed by atoms with E-state index in [1.165, 1.54) is 31.2 Å². The number of carbonyl (C=O) groups is 2. The molecule has 2 rings (SSSR count). The van der Waals surface area contributed by atoms with Crippen molar-refractivity contribution in [1.29, 1.82) is 0 Å². The van der Waals surface area contributed by atoms with Crippen LogP contribution < -0.4 is 14.4 Å². The van der Waals surface area contributed by atoms with Gasteiger partial charge in [0.2, 0.25) is 5.91 Å². The van der Waals surface area contributed by atoms with Gasteiger partial charge in [0.15, 0.2) is 0 Å². The van der Waals surface area contributed by atoms with Crippen LogP contribution in [0.2, 0.25) is 0 Å². The van der Waals surface area contributed by atoms with E-state index in [9.17, 15) is 25.8 Å². The first-order valence-corrected chi connectivity index (χ1v) is 14.7. The molecule has 0 heterocycles. The first-order chi connectivity index (χ1) is 15.2. The molecule has 0 aromatic heterocycles. The normalized spacial score (nSPS) is 13.8. The molecule has 0 spiro atoms. The van der Waals surface area contributed by atoms with Crippen molar-refractivity contribution in [1.82, 2.24) is 4.72 Å². The molecule has 2 amide bonds. The molecule has 0 aliphatic carbocycles. The Hall–Kier alpha value is -2.43. The summed E-state index contributed by atoms with van der Waals surface area (Å²) in [4.78, 5) is 22.7. The third kappa shape index (κ3) is 8.45. The third-order valence-corrected chi connectivity index (χ3v) is 8.73. The summed E-state index contributed by atoms with van der Waals surface area (Å²) >= 11 is -4.92. The molecule has 4 N–H and O–H groups in total. The molecule has 0 saturated carbocycles. The van der Waals surface area contributed by atoms with Crippen molar-refractivity contribution >= 4 is 46.0 Å². The van der Waals surface area contributed by atoms with Gasteiger partial charge in [-0.25, -0.2) is 13.1 Å². The number of carbonyl (C=O) groups excluding carboxylic acids is 2. The Balaban J connectivity index is 0.000000335. The number of benzene rings is 2. The third-order valence-electron chi connectivity index (χ3n) is 4.66. The Morgan fingerprint density at radius 1 is 1.03 bits per heavy atom. The molecule has 10 nitrogen and oxygen atoms in total. The predicted octanol–water partition coefficient (Wildman–Crippen LogP) is 1.80. The fourth-order valence-corrected chi connectivity index (χ4v) is 5.48. The first kappa shape index (κ1) is 28.6. The van der Waals surface area contributed by atoms with Crippen molar-refractivity contribution in [3.63, 3.8) is 0 Å². The van der Waals surface area contributed by atoms with Crippen molar-refractivity contribution in [3.8, 4) is 0 Å². The molecule has 182 valence electrons. The predicted molar refractivity (Wildman–Crippen MR) is 123 cm³/mol. The summed E-state index contributed by atoms with van der Waals surface area (Å²) in [6.07, 6.45) is 0. The van der Waals surface area contributed by atoms with Gasteiger partial charge in [-0.2, -0.15) is 0 Å². The van der Waals surface area contributed by atoms with Crippen LogP contribution in [0.25, 0.3) is 0 Å². The van der Waals surface area contributed by atoms with Crippen LogP contribution in [0, 0.1) is 18.8 Å². The maximum atomic E-state index is 12.1. The Kier molecular flexibility index (Phi) is 10.5. The number of nitrogens with one attached hydrogen (secondary N) is 2. The van der Waals surface area contributed by atoms with Crippen LogP contribution in [0.5, 0.6) is 0 Å². The van der Waals surface area contributed by atoms with Gasteiger partial charge in [0.25, 0.3) is 10.0 Å². The van der Waals surface area contributed by atoms with Gasteiger partial charge in [-0.3, -0.25) is 4.79 Å². The van der Waals surface area contributed by atoms with E-state index in [1.54, 1.807) is 38.1 Å². The fourth-order valence-electron chi connectivity index (χ4n) is 2.50. The van der Waals surface area contributed by atoms with Crippen LogP contribution in [0.1, 0.15) is 33.3 Å². The average Bonchev–Trinajstić information content (AvgIpc) is 2.73. The topological polar surface area (TPSA) is 159 Å². The molecule has 12 heteroatoms. The van der Waals surface area contributed by atoms with E-state index >= 15 is 0 Å². The molecule has 0 aliphatic rings. The maximum absolute atomic E-state index is 12.1. The minimum Gasteiger partial charge on any atom is -0.274 e. The molecule has 2 aromatic carbocycles. The van der Waals surface area contributed by atoms with E-state index in [0.717, 1.165) is 0 Å². The zero-order valence-corrected chi connectivity index (χ0v) is 21.7. The van der Waals surface area contributed by atoms with Gasteiger partial charge in [-0.1, -0.05) is 39.0 Å². The summed E-state index contributed by atoms with van der Waals surface area (Å²) in [7, 11) is -3.77. The van der Waals surface area contributed by atoms with Crippen molar-refractivity contribution in [2.45, 2.75) is 39.5 Å². The summed E-state index contributed by atoms with van der Waals surface area (Å²) in [6.45, 7) is 8.44. The van der Waals surface area contributed by atoms with Gasteiger partial charge < -0.3 is 0 Å². The standard InChI is InChI=1S/C13H19NO3S.C8H10AsNO5/c1-9(2)11(4)13(15)14-18(16,17)12-8-6-5-7-10(12)3;1-6(11)10-8-5-3-2-4-7(8)9(12,13)15-14/h5-9,11H,1-4H3,(H,14,15);2-5,14H,1H3,(H,10,11)(H,12,13). The number of para-hydroxylation sites is 1. The summed E-state index contributed by atoms with van der Waals surface area (Å²) in [6, 6.07) is 12.4. The van der Waals surface area contributed by atoms with Crippen molar-refractivity contribution < 1.29 is 35.0 Å². The zero-order chi connectivity index (χ0) is 25.4. The number of hydrogen-bond donors (Lipinski definition) is 4. The fraction of sp³-hybridized carbons (Fsp3) is 0.333. The number of rotatable bonds is 7.